The van der Waals surface area contributed by atoms with Crippen LogP contribution in [0.1, 0.15) is 39.7 Å². The normalized spacial score (nSPS) is 21.6. The molecule has 156 valence electrons. The number of rotatable bonds is 5. The van der Waals surface area contributed by atoms with Crippen LogP contribution in [-0.4, -0.2) is 23.0 Å². The number of carbonyl (C=O) groups is 1. The zero-order valence-corrected chi connectivity index (χ0v) is 17.7. The van der Waals surface area contributed by atoms with Crippen LogP contribution >= 0.6 is 23.7 Å². The first-order valence-electron chi connectivity index (χ1n) is 9.70. The SMILES string of the molecule is Cl.NC1C[C@@H]1NC(=O)c1cnc(Oc2ccc3c(c2)CC[C@@H](c2ccccc2)O3)s1. The summed E-state index contributed by atoms with van der Waals surface area (Å²) in [5.41, 5.74) is 8.05. The van der Waals surface area contributed by atoms with E-state index in [1.165, 1.54) is 23.1 Å². The van der Waals surface area contributed by atoms with E-state index in [-0.39, 0.29) is 36.5 Å². The summed E-state index contributed by atoms with van der Waals surface area (Å²) in [5.74, 6) is 1.43. The molecular formula is C22H22ClN3O3S. The van der Waals surface area contributed by atoms with Gasteiger partial charge in [-0.25, -0.2) is 4.98 Å². The molecule has 0 spiro atoms. The van der Waals surface area contributed by atoms with E-state index < -0.39 is 0 Å². The Kier molecular flexibility index (Phi) is 5.94. The Morgan fingerprint density at radius 3 is 2.80 bits per heavy atom. The molecule has 1 aliphatic heterocycles. The van der Waals surface area contributed by atoms with Gasteiger partial charge in [0.25, 0.3) is 11.1 Å². The van der Waals surface area contributed by atoms with Crippen LogP contribution in [0.5, 0.6) is 16.7 Å². The number of nitrogens with one attached hydrogen (secondary N) is 1. The minimum atomic E-state index is -0.152. The lowest BCUT2D eigenvalue weighted by molar-refractivity contribution is 0.0954. The molecule has 2 aliphatic rings. The second-order valence-electron chi connectivity index (χ2n) is 7.40. The van der Waals surface area contributed by atoms with Crippen molar-refractivity contribution in [3.63, 3.8) is 0 Å². The third kappa shape index (κ3) is 4.43. The number of hydrogen-bond acceptors (Lipinski definition) is 6. The van der Waals surface area contributed by atoms with Gasteiger partial charge in [0.05, 0.1) is 6.20 Å². The number of fused-ring (bicyclic) bond motifs is 1. The number of thiazole rings is 1. The number of amides is 1. The summed E-state index contributed by atoms with van der Waals surface area (Å²) in [5, 5.41) is 3.33. The highest BCUT2D eigenvalue weighted by Crippen LogP contribution is 2.38. The van der Waals surface area contributed by atoms with Crippen LogP contribution in [0.2, 0.25) is 0 Å². The number of halogens is 1. The molecule has 1 aromatic heterocycles. The van der Waals surface area contributed by atoms with Gasteiger partial charge < -0.3 is 20.5 Å². The molecule has 1 aliphatic carbocycles. The molecule has 2 aromatic carbocycles. The summed E-state index contributed by atoms with van der Waals surface area (Å²) < 4.78 is 12.1. The fourth-order valence-electron chi connectivity index (χ4n) is 3.46. The van der Waals surface area contributed by atoms with Crippen molar-refractivity contribution in [3.8, 4) is 16.7 Å². The molecule has 1 saturated carbocycles. The van der Waals surface area contributed by atoms with Gasteiger partial charge in [-0.15, -0.1) is 12.4 Å². The van der Waals surface area contributed by atoms with Crippen molar-refractivity contribution < 1.29 is 14.3 Å². The van der Waals surface area contributed by atoms with Gasteiger partial charge in [0, 0.05) is 12.1 Å². The van der Waals surface area contributed by atoms with Gasteiger partial charge >= 0.3 is 0 Å². The van der Waals surface area contributed by atoms with Gasteiger partial charge in [-0.3, -0.25) is 4.79 Å². The molecule has 1 fully saturated rings. The van der Waals surface area contributed by atoms with E-state index >= 15 is 0 Å². The fraction of sp³-hybridized carbons (Fsp3) is 0.273. The number of aryl methyl sites for hydroxylation is 1. The van der Waals surface area contributed by atoms with Crippen molar-refractivity contribution in [1.82, 2.24) is 10.3 Å². The Hall–Kier alpha value is -2.61. The van der Waals surface area contributed by atoms with Gasteiger partial charge in [0.1, 0.15) is 22.5 Å². The van der Waals surface area contributed by atoms with Gasteiger partial charge in [-0.1, -0.05) is 41.7 Å². The number of ether oxygens (including phenoxy) is 2. The summed E-state index contributed by atoms with van der Waals surface area (Å²) in [6, 6.07) is 16.2. The van der Waals surface area contributed by atoms with E-state index in [1.807, 2.05) is 36.4 Å². The number of carbonyl (C=O) groups excluding carboxylic acids is 1. The second-order valence-corrected chi connectivity index (χ2v) is 8.39. The maximum atomic E-state index is 12.2. The summed E-state index contributed by atoms with van der Waals surface area (Å²) in [7, 11) is 0. The molecular weight excluding hydrogens is 422 g/mol. The molecule has 6 nitrogen and oxygen atoms in total. The van der Waals surface area contributed by atoms with Crippen molar-refractivity contribution in [3.05, 3.63) is 70.7 Å². The number of nitrogens with two attached hydrogens (primary N) is 1. The molecule has 30 heavy (non-hydrogen) atoms. The highest BCUT2D eigenvalue weighted by molar-refractivity contribution is 7.15. The number of hydrogen-bond donors (Lipinski definition) is 2. The summed E-state index contributed by atoms with van der Waals surface area (Å²) >= 11 is 1.22. The lowest BCUT2D eigenvalue weighted by atomic mass is 9.97. The molecule has 3 atom stereocenters. The van der Waals surface area contributed by atoms with E-state index in [2.05, 4.69) is 22.4 Å². The predicted octanol–water partition coefficient (Wildman–Crippen LogP) is 4.25. The first kappa shape index (κ1) is 20.7. The summed E-state index contributed by atoms with van der Waals surface area (Å²) in [6.07, 6.45) is 4.28. The van der Waals surface area contributed by atoms with Crippen LogP contribution in [0, 0.1) is 0 Å². The van der Waals surface area contributed by atoms with Crippen LogP contribution in [0.15, 0.2) is 54.7 Å². The first-order valence-corrected chi connectivity index (χ1v) is 10.5. The second kappa shape index (κ2) is 8.63. The van der Waals surface area contributed by atoms with Crippen LogP contribution < -0.4 is 20.5 Å². The third-order valence-corrected chi connectivity index (χ3v) is 6.09. The van der Waals surface area contributed by atoms with Crippen LogP contribution in [-0.2, 0) is 6.42 Å². The van der Waals surface area contributed by atoms with Crippen LogP contribution in [0.4, 0.5) is 0 Å². The molecule has 3 aromatic rings. The predicted molar refractivity (Wildman–Crippen MR) is 118 cm³/mol. The van der Waals surface area contributed by atoms with Crippen molar-refractivity contribution in [2.75, 3.05) is 0 Å². The molecule has 0 bridgehead atoms. The van der Waals surface area contributed by atoms with Crippen molar-refractivity contribution in [2.45, 2.75) is 37.5 Å². The van der Waals surface area contributed by atoms with Gasteiger partial charge in [0.15, 0.2) is 0 Å². The highest BCUT2D eigenvalue weighted by atomic mass is 35.5. The van der Waals surface area contributed by atoms with Gasteiger partial charge in [0.2, 0.25) is 0 Å². The molecule has 0 radical (unpaired) electrons. The zero-order chi connectivity index (χ0) is 19.8. The van der Waals surface area contributed by atoms with Gasteiger partial charge in [-0.2, -0.15) is 0 Å². The molecule has 5 rings (SSSR count). The topological polar surface area (TPSA) is 86.5 Å². The Morgan fingerprint density at radius 2 is 2.03 bits per heavy atom. The van der Waals surface area contributed by atoms with E-state index in [0.29, 0.717) is 15.8 Å². The summed E-state index contributed by atoms with van der Waals surface area (Å²) in [4.78, 5) is 16.9. The maximum absolute atomic E-state index is 12.2. The van der Waals surface area contributed by atoms with E-state index in [0.717, 1.165) is 30.6 Å². The third-order valence-electron chi connectivity index (χ3n) is 5.22. The molecule has 1 unspecified atom stereocenters. The number of benzene rings is 2. The summed E-state index contributed by atoms with van der Waals surface area (Å²) in [6.45, 7) is 0. The number of aromatic nitrogens is 1. The highest BCUT2D eigenvalue weighted by Gasteiger charge is 2.35. The van der Waals surface area contributed by atoms with Crippen LogP contribution in [0.3, 0.4) is 0 Å². The average Bonchev–Trinajstić information content (AvgIpc) is 3.24. The Balaban J connectivity index is 0.00000218. The van der Waals surface area contributed by atoms with Crippen molar-refractivity contribution >= 4 is 29.7 Å². The molecule has 1 amide bonds. The Labute approximate surface area is 184 Å². The smallest absolute Gasteiger partial charge is 0.279 e. The van der Waals surface area contributed by atoms with Crippen molar-refractivity contribution in [2.24, 2.45) is 5.73 Å². The minimum Gasteiger partial charge on any atom is -0.485 e. The Morgan fingerprint density at radius 1 is 1.23 bits per heavy atom. The molecule has 2 heterocycles. The standard InChI is InChI=1S/C22H21N3O3S.ClH/c23-16-11-17(16)25-21(26)20-12-24-22(29-20)27-15-7-9-19-14(10-15)6-8-18(28-19)13-4-2-1-3-5-13;/h1-5,7,9-10,12,16-18H,6,8,11,23H2,(H,25,26);1H/t16?,17-,18-;/m0./s1. The Bertz CT molecular complexity index is 1040. The average molecular weight is 444 g/mol. The lowest BCUT2D eigenvalue weighted by Crippen LogP contribution is -2.28. The number of nitrogens with zero attached hydrogens (tertiary/aromatic N) is 1. The molecule has 0 saturated heterocycles. The minimum absolute atomic E-state index is 0. The van der Waals surface area contributed by atoms with Crippen LogP contribution in [0.25, 0.3) is 0 Å². The lowest BCUT2D eigenvalue weighted by Gasteiger charge is -2.26. The van der Waals surface area contributed by atoms with E-state index in [1.54, 1.807) is 0 Å². The van der Waals surface area contributed by atoms with E-state index in [4.69, 9.17) is 15.2 Å². The zero-order valence-electron chi connectivity index (χ0n) is 16.1. The first-order chi connectivity index (χ1) is 14.2. The maximum Gasteiger partial charge on any atom is 0.279 e. The fourth-order valence-corrected chi connectivity index (χ4v) is 4.15. The molecule has 3 N–H and O–H groups in total. The van der Waals surface area contributed by atoms with E-state index in [9.17, 15) is 4.79 Å². The van der Waals surface area contributed by atoms with Gasteiger partial charge in [-0.05, 0) is 48.6 Å². The molecule has 8 heteroatoms. The quantitative estimate of drug-likeness (QED) is 0.615. The van der Waals surface area contributed by atoms with Crippen molar-refractivity contribution in [1.29, 1.82) is 0 Å². The largest absolute Gasteiger partial charge is 0.485 e. The monoisotopic (exact) mass is 443 g/mol.